The van der Waals surface area contributed by atoms with E-state index in [0.29, 0.717) is 0 Å². The minimum atomic E-state index is -0.179. The zero-order valence-corrected chi connectivity index (χ0v) is 14.5. The lowest BCUT2D eigenvalue weighted by Crippen LogP contribution is -2.59. The van der Waals surface area contributed by atoms with Crippen molar-refractivity contribution in [3.05, 3.63) is 12.7 Å². The molecule has 3 atom stereocenters. The lowest BCUT2D eigenvalue weighted by Gasteiger charge is -2.28. The van der Waals surface area contributed by atoms with Crippen molar-refractivity contribution >= 4 is 30.2 Å². The lowest BCUT2D eigenvalue weighted by molar-refractivity contribution is -0.118. The van der Waals surface area contributed by atoms with E-state index in [1.165, 1.54) is 0 Å². The van der Waals surface area contributed by atoms with Crippen molar-refractivity contribution in [2.75, 3.05) is 24.3 Å². The summed E-state index contributed by atoms with van der Waals surface area (Å²) in [6.07, 6.45) is 5.92. The Morgan fingerprint density at radius 2 is 2.15 bits per heavy atom. The number of carbonyl (C=O) groups excluding carboxylic acids is 1. The van der Waals surface area contributed by atoms with Crippen LogP contribution >= 0.6 is 24.4 Å². The number of thioether (sulfide) groups is 1. The standard InChI is InChI=1S/C14H29N3OS2/c1-5-13(7-10-20-4)17-14(15-8-6-9-19)16-11(2)12(3)18/h5,11,13-17,19H,1,6-10H2,2-4H3/t11-,13+,14?/m0/s1. The van der Waals surface area contributed by atoms with E-state index in [-0.39, 0.29) is 24.2 Å². The highest BCUT2D eigenvalue weighted by Crippen LogP contribution is 2.02. The third-order valence-corrected chi connectivity index (χ3v) is 3.97. The molecule has 118 valence electrons. The first-order chi connectivity index (χ1) is 9.54. The third-order valence-electron chi connectivity index (χ3n) is 3.01. The molecule has 0 aliphatic rings. The predicted molar refractivity (Wildman–Crippen MR) is 93.7 cm³/mol. The number of rotatable bonds is 13. The molecule has 0 aromatic rings. The molecule has 0 aromatic heterocycles. The fourth-order valence-corrected chi connectivity index (χ4v) is 2.23. The maximum absolute atomic E-state index is 11.4. The molecule has 0 saturated heterocycles. The number of hydrogen-bond acceptors (Lipinski definition) is 6. The number of carbonyl (C=O) groups is 1. The summed E-state index contributed by atoms with van der Waals surface area (Å²) in [5.41, 5.74) is 0. The Hall–Kier alpha value is -0.0100. The number of nitrogens with one attached hydrogen (secondary N) is 3. The largest absolute Gasteiger partial charge is 0.298 e. The monoisotopic (exact) mass is 319 g/mol. The molecule has 0 rings (SSSR count). The minimum Gasteiger partial charge on any atom is -0.298 e. The van der Waals surface area contributed by atoms with Crippen molar-refractivity contribution in [3.8, 4) is 0 Å². The van der Waals surface area contributed by atoms with Gasteiger partial charge >= 0.3 is 0 Å². The SMILES string of the molecule is C=C[C@H](CCSC)NC(NCCCS)N[C@@H](C)C(C)=O. The van der Waals surface area contributed by atoms with Crippen molar-refractivity contribution in [1.29, 1.82) is 0 Å². The van der Waals surface area contributed by atoms with Gasteiger partial charge in [0.1, 0.15) is 12.1 Å². The van der Waals surface area contributed by atoms with Gasteiger partial charge < -0.3 is 0 Å². The highest BCUT2D eigenvalue weighted by Gasteiger charge is 2.16. The molecule has 4 nitrogen and oxygen atoms in total. The second-order valence-electron chi connectivity index (χ2n) is 4.75. The first-order valence-electron chi connectivity index (χ1n) is 7.03. The summed E-state index contributed by atoms with van der Waals surface area (Å²) in [6.45, 7) is 8.20. The molecule has 0 spiro atoms. The van der Waals surface area contributed by atoms with E-state index < -0.39 is 0 Å². The molecule has 3 N–H and O–H groups in total. The Morgan fingerprint density at radius 1 is 1.45 bits per heavy atom. The maximum Gasteiger partial charge on any atom is 0.146 e. The van der Waals surface area contributed by atoms with E-state index in [1.807, 2.05) is 24.8 Å². The zero-order valence-electron chi connectivity index (χ0n) is 12.8. The molecular weight excluding hydrogens is 290 g/mol. The van der Waals surface area contributed by atoms with Crippen LogP contribution in [0, 0.1) is 0 Å². The Morgan fingerprint density at radius 3 is 2.65 bits per heavy atom. The Balaban J connectivity index is 4.39. The first-order valence-corrected chi connectivity index (χ1v) is 9.06. The normalized spacial score (nSPS) is 15.6. The second-order valence-corrected chi connectivity index (χ2v) is 6.19. The van der Waals surface area contributed by atoms with Crippen LogP contribution in [0.1, 0.15) is 26.7 Å². The Bertz CT molecular complexity index is 277. The van der Waals surface area contributed by atoms with E-state index >= 15 is 0 Å². The summed E-state index contributed by atoms with van der Waals surface area (Å²) >= 11 is 6.03. The summed E-state index contributed by atoms with van der Waals surface area (Å²) in [5, 5.41) is 10.1. The zero-order chi connectivity index (χ0) is 15.4. The molecule has 0 saturated carbocycles. The summed E-state index contributed by atoms with van der Waals surface area (Å²) < 4.78 is 0. The smallest absolute Gasteiger partial charge is 0.146 e. The van der Waals surface area contributed by atoms with E-state index in [4.69, 9.17) is 0 Å². The molecule has 0 fully saturated rings. The quantitative estimate of drug-likeness (QED) is 0.180. The molecule has 20 heavy (non-hydrogen) atoms. The van der Waals surface area contributed by atoms with E-state index in [9.17, 15) is 4.79 Å². The number of hydrogen-bond donors (Lipinski definition) is 4. The van der Waals surface area contributed by atoms with Gasteiger partial charge in [0.25, 0.3) is 0 Å². The van der Waals surface area contributed by atoms with Gasteiger partial charge in [0.15, 0.2) is 0 Å². The molecule has 0 heterocycles. The second kappa shape index (κ2) is 12.7. The van der Waals surface area contributed by atoms with Crippen molar-refractivity contribution < 1.29 is 4.79 Å². The van der Waals surface area contributed by atoms with E-state index in [1.54, 1.807) is 6.92 Å². The number of ketones is 1. The molecule has 1 unspecified atom stereocenters. The van der Waals surface area contributed by atoms with Gasteiger partial charge in [-0.25, -0.2) is 0 Å². The minimum absolute atomic E-state index is 0.0985. The van der Waals surface area contributed by atoms with Gasteiger partial charge in [-0.05, 0) is 51.0 Å². The number of Topliss-reactive ketones (excluding diaryl/α,β-unsaturated/α-hetero) is 1. The molecule has 0 aliphatic carbocycles. The fraction of sp³-hybridized carbons (Fsp3) is 0.786. The number of thiol groups is 1. The van der Waals surface area contributed by atoms with Gasteiger partial charge in [-0.15, -0.1) is 6.58 Å². The van der Waals surface area contributed by atoms with Crippen molar-refractivity contribution in [2.45, 2.75) is 45.1 Å². The highest BCUT2D eigenvalue weighted by molar-refractivity contribution is 7.98. The first kappa shape index (κ1) is 20.0. The van der Waals surface area contributed by atoms with E-state index in [2.05, 4.69) is 41.4 Å². The van der Waals surface area contributed by atoms with Gasteiger partial charge in [-0.2, -0.15) is 24.4 Å². The van der Waals surface area contributed by atoms with Crippen LogP contribution in [0.2, 0.25) is 0 Å². The van der Waals surface area contributed by atoms with Crippen LogP contribution in [-0.2, 0) is 4.79 Å². The summed E-state index contributed by atoms with van der Waals surface area (Å²) in [7, 11) is 0. The van der Waals surface area contributed by atoms with Gasteiger partial charge in [-0.3, -0.25) is 20.7 Å². The van der Waals surface area contributed by atoms with Gasteiger partial charge in [-0.1, -0.05) is 6.08 Å². The maximum atomic E-state index is 11.4. The summed E-state index contributed by atoms with van der Waals surface area (Å²) in [4.78, 5) is 11.4. The average Bonchev–Trinajstić information content (AvgIpc) is 2.42. The summed E-state index contributed by atoms with van der Waals surface area (Å²) in [5.74, 6) is 2.06. The highest BCUT2D eigenvalue weighted by atomic mass is 32.2. The molecule has 0 bridgehead atoms. The van der Waals surface area contributed by atoms with Crippen LogP contribution in [0.3, 0.4) is 0 Å². The van der Waals surface area contributed by atoms with Crippen LogP contribution in [0.4, 0.5) is 0 Å². The topological polar surface area (TPSA) is 53.2 Å². The third kappa shape index (κ3) is 9.83. The molecule has 0 aromatic carbocycles. The van der Waals surface area contributed by atoms with E-state index in [0.717, 1.165) is 30.9 Å². The van der Waals surface area contributed by atoms with Crippen molar-refractivity contribution in [1.82, 2.24) is 16.0 Å². The van der Waals surface area contributed by atoms with Crippen molar-refractivity contribution in [3.63, 3.8) is 0 Å². The average molecular weight is 320 g/mol. The van der Waals surface area contributed by atoms with Gasteiger partial charge in [0.2, 0.25) is 0 Å². The van der Waals surface area contributed by atoms with Crippen LogP contribution < -0.4 is 16.0 Å². The van der Waals surface area contributed by atoms with Gasteiger partial charge in [0.05, 0.1) is 6.04 Å². The molecular formula is C14H29N3OS2. The fourth-order valence-electron chi connectivity index (χ4n) is 1.59. The molecule has 0 radical (unpaired) electrons. The summed E-state index contributed by atoms with van der Waals surface area (Å²) in [6, 6.07) is 0.0460. The van der Waals surface area contributed by atoms with Crippen molar-refractivity contribution in [2.24, 2.45) is 0 Å². The van der Waals surface area contributed by atoms with Crippen LogP contribution in [0.15, 0.2) is 12.7 Å². The predicted octanol–water partition coefficient (Wildman–Crippen LogP) is 1.64. The molecule has 6 heteroatoms. The van der Waals surface area contributed by atoms with Gasteiger partial charge in [0, 0.05) is 6.04 Å². The Kier molecular flexibility index (Phi) is 12.7. The molecule has 0 amide bonds. The van der Waals surface area contributed by atoms with Crippen LogP contribution in [0.5, 0.6) is 0 Å². The van der Waals surface area contributed by atoms with Crippen LogP contribution in [-0.4, -0.2) is 48.5 Å². The lowest BCUT2D eigenvalue weighted by atomic mass is 10.2. The van der Waals surface area contributed by atoms with Crippen LogP contribution in [0.25, 0.3) is 0 Å². The molecule has 0 aliphatic heterocycles. The Labute approximate surface area is 133 Å².